The molecular formula is C10H21NO. The van der Waals surface area contributed by atoms with E-state index in [1.54, 1.807) is 6.92 Å². The van der Waals surface area contributed by atoms with Crippen molar-refractivity contribution in [1.29, 1.82) is 0 Å². The fourth-order valence-electron chi connectivity index (χ4n) is 1.35. The second-order valence-corrected chi connectivity index (χ2v) is 4.36. The fraction of sp³-hybridized carbons (Fsp3) is 0.900. The molecule has 2 heteroatoms. The highest BCUT2D eigenvalue weighted by molar-refractivity contribution is 5.82. The van der Waals surface area contributed by atoms with Gasteiger partial charge in [0.2, 0.25) is 0 Å². The Morgan fingerprint density at radius 2 is 1.92 bits per heavy atom. The number of carbonyl (C=O) groups excluding carboxylic acids is 1. The molecule has 0 saturated heterocycles. The fourth-order valence-corrected chi connectivity index (χ4v) is 1.35. The lowest BCUT2D eigenvalue weighted by molar-refractivity contribution is -0.121. The van der Waals surface area contributed by atoms with Crippen LogP contribution in [0.25, 0.3) is 0 Å². The zero-order valence-electron chi connectivity index (χ0n) is 8.90. The van der Waals surface area contributed by atoms with E-state index in [9.17, 15) is 4.79 Å². The van der Waals surface area contributed by atoms with E-state index in [-0.39, 0.29) is 17.2 Å². The minimum Gasteiger partial charge on any atom is -0.307 e. The topological polar surface area (TPSA) is 29.1 Å². The van der Waals surface area contributed by atoms with Crippen molar-refractivity contribution in [2.24, 2.45) is 5.41 Å². The molecule has 0 radical (unpaired) electrons. The van der Waals surface area contributed by atoms with Crippen molar-refractivity contribution in [3.05, 3.63) is 0 Å². The van der Waals surface area contributed by atoms with Gasteiger partial charge in [-0.25, -0.2) is 0 Å². The molecule has 1 unspecified atom stereocenters. The van der Waals surface area contributed by atoms with Crippen LogP contribution < -0.4 is 5.32 Å². The zero-order chi connectivity index (χ0) is 9.78. The summed E-state index contributed by atoms with van der Waals surface area (Å²) >= 11 is 0. The molecule has 0 aromatic rings. The van der Waals surface area contributed by atoms with Gasteiger partial charge < -0.3 is 5.32 Å². The quantitative estimate of drug-likeness (QED) is 0.701. The summed E-state index contributed by atoms with van der Waals surface area (Å²) in [6, 6.07) is -0.00236. The van der Waals surface area contributed by atoms with Gasteiger partial charge in [0.05, 0.1) is 6.04 Å². The molecule has 0 aromatic heterocycles. The molecule has 12 heavy (non-hydrogen) atoms. The minimum absolute atomic E-state index is 0.00236. The Labute approximate surface area is 75.7 Å². The van der Waals surface area contributed by atoms with E-state index < -0.39 is 0 Å². The maximum Gasteiger partial charge on any atom is 0.147 e. The Morgan fingerprint density at radius 3 is 2.17 bits per heavy atom. The smallest absolute Gasteiger partial charge is 0.147 e. The van der Waals surface area contributed by atoms with E-state index in [1.165, 1.54) is 0 Å². The van der Waals surface area contributed by atoms with E-state index in [0.29, 0.717) is 0 Å². The van der Waals surface area contributed by atoms with Crippen LogP contribution in [0.4, 0.5) is 0 Å². The molecular weight excluding hydrogens is 150 g/mol. The summed E-state index contributed by atoms with van der Waals surface area (Å²) < 4.78 is 0. The molecule has 0 heterocycles. The van der Waals surface area contributed by atoms with Crippen molar-refractivity contribution in [3.63, 3.8) is 0 Å². The van der Waals surface area contributed by atoms with Crippen LogP contribution >= 0.6 is 0 Å². The van der Waals surface area contributed by atoms with Crippen LogP contribution in [-0.2, 0) is 4.79 Å². The number of hydrogen-bond donors (Lipinski definition) is 1. The third kappa shape index (κ3) is 3.86. The van der Waals surface area contributed by atoms with E-state index >= 15 is 0 Å². The van der Waals surface area contributed by atoms with Gasteiger partial charge >= 0.3 is 0 Å². The summed E-state index contributed by atoms with van der Waals surface area (Å²) in [6.45, 7) is 10.9. The monoisotopic (exact) mass is 171 g/mol. The number of Topliss-reactive ketones (excluding diaryl/α,β-unsaturated/α-hetero) is 1. The molecule has 0 saturated carbocycles. The third-order valence-corrected chi connectivity index (χ3v) is 1.87. The van der Waals surface area contributed by atoms with Crippen LogP contribution in [0.2, 0.25) is 0 Å². The van der Waals surface area contributed by atoms with Crippen molar-refractivity contribution in [1.82, 2.24) is 5.32 Å². The number of carbonyl (C=O) groups is 1. The van der Waals surface area contributed by atoms with Gasteiger partial charge in [0.15, 0.2) is 0 Å². The summed E-state index contributed by atoms with van der Waals surface area (Å²) in [5.41, 5.74) is 0.0288. The number of nitrogens with one attached hydrogen (secondary N) is 1. The maximum absolute atomic E-state index is 11.2. The number of hydrogen-bond acceptors (Lipinski definition) is 2. The molecule has 0 aromatic carbocycles. The highest BCUT2D eigenvalue weighted by Crippen LogP contribution is 2.19. The van der Waals surface area contributed by atoms with Crippen LogP contribution in [0, 0.1) is 5.41 Å². The van der Waals surface area contributed by atoms with Gasteiger partial charge in [-0.2, -0.15) is 0 Å². The lowest BCUT2D eigenvalue weighted by Crippen LogP contribution is -2.45. The average molecular weight is 171 g/mol. The van der Waals surface area contributed by atoms with E-state index in [2.05, 4.69) is 33.0 Å². The Bertz CT molecular complexity index is 146. The summed E-state index contributed by atoms with van der Waals surface area (Å²) in [4.78, 5) is 11.2. The van der Waals surface area contributed by atoms with Gasteiger partial charge in [0.25, 0.3) is 0 Å². The SMILES string of the molecule is CCCNC(C(C)=O)C(C)(C)C. The first-order chi connectivity index (χ1) is 5.39. The molecule has 2 nitrogen and oxygen atoms in total. The van der Waals surface area contributed by atoms with Crippen molar-refractivity contribution >= 4 is 5.78 Å². The molecule has 0 aliphatic heterocycles. The third-order valence-electron chi connectivity index (χ3n) is 1.87. The number of rotatable bonds is 4. The van der Waals surface area contributed by atoms with Crippen molar-refractivity contribution in [2.75, 3.05) is 6.54 Å². The summed E-state index contributed by atoms with van der Waals surface area (Å²) in [5, 5.41) is 3.26. The number of ketones is 1. The summed E-state index contributed by atoms with van der Waals surface area (Å²) in [7, 11) is 0. The second kappa shape index (κ2) is 4.61. The van der Waals surface area contributed by atoms with Crippen LogP contribution in [0.15, 0.2) is 0 Å². The van der Waals surface area contributed by atoms with Gasteiger partial charge in [-0.15, -0.1) is 0 Å². The molecule has 0 spiro atoms. The highest BCUT2D eigenvalue weighted by atomic mass is 16.1. The molecule has 0 amide bonds. The Balaban J connectivity index is 4.15. The first kappa shape index (κ1) is 11.6. The first-order valence-electron chi connectivity index (χ1n) is 4.63. The van der Waals surface area contributed by atoms with E-state index in [4.69, 9.17) is 0 Å². The van der Waals surface area contributed by atoms with Gasteiger partial charge in [-0.3, -0.25) is 4.79 Å². The lowest BCUT2D eigenvalue weighted by atomic mass is 9.84. The van der Waals surface area contributed by atoms with Crippen LogP contribution in [0.5, 0.6) is 0 Å². The molecule has 1 atom stereocenters. The van der Waals surface area contributed by atoms with Gasteiger partial charge in [0, 0.05) is 0 Å². The molecule has 1 N–H and O–H groups in total. The van der Waals surface area contributed by atoms with Crippen LogP contribution in [-0.4, -0.2) is 18.4 Å². The molecule has 0 bridgehead atoms. The van der Waals surface area contributed by atoms with E-state index in [1.807, 2.05) is 0 Å². The second-order valence-electron chi connectivity index (χ2n) is 4.36. The normalized spacial score (nSPS) is 14.4. The lowest BCUT2D eigenvalue weighted by Gasteiger charge is -2.29. The van der Waals surface area contributed by atoms with Crippen molar-refractivity contribution < 1.29 is 4.79 Å². The maximum atomic E-state index is 11.2. The predicted octanol–water partition coefficient (Wildman–Crippen LogP) is 1.99. The molecule has 0 aliphatic rings. The molecule has 0 rings (SSSR count). The predicted molar refractivity (Wildman–Crippen MR) is 52.2 cm³/mol. The summed E-state index contributed by atoms with van der Waals surface area (Å²) in [6.07, 6.45) is 1.07. The van der Waals surface area contributed by atoms with Gasteiger partial charge in [0.1, 0.15) is 5.78 Å². The first-order valence-corrected chi connectivity index (χ1v) is 4.63. The summed E-state index contributed by atoms with van der Waals surface area (Å²) in [5.74, 6) is 0.232. The Morgan fingerprint density at radius 1 is 1.42 bits per heavy atom. The minimum atomic E-state index is -0.00236. The zero-order valence-corrected chi connectivity index (χ0v) is 8.90. The van der Waals surface area contributed by atoms with E-state index in [0.717, 1.165) is 13.0 Å². The van der Waals surface area contributed by atoms with Gasteiger partial charge in [-0.1, -0.05) is 27.7 Å². The highest BCUT2D eigenvalue weighted by Gasteiger charge is 2.27. The van der Waals surface area contributed by atoms with Crippen LogP contribution in [0.1, 0.15) is 41.0 Å². The largest absolute Gasteiger partial charge is 0.307 e. The van der Waals surface area contributed by atoms with Crippen molar-refractivity contribution in [2.45, 2.75) is 47.1 Å². The molecule has 72 valence electrons. The molecule has 0 aliphatic carbocycles. The Hall–Kier alpha value is -0.370. The Kier molecular flexibility index (Phi) is 4.46. The average Bonchev–Trinajstić information content (AvgIpc) is 1.84. The van der Waals surface area contributed by atoms with Crippen LogP contribution in [0.3, 0.4) is 0 Å². The molecule has 0 fully saturated rings. The van der Waals surface area contributed by atoms with Crippen molar-refractivity contribution in [3.8, 4) is 0 Å². The van der Waals surface area contributed by atoms with Gasteiger partial charge in [-0.05, 0) is 25.3 Å². The standard InChI is InChI=1S/C10H21NO/c1-6-7-11-9(8(2)12)10(3,4)5/h9,11H,6-7H2,1-5H3.